The second kappa shape index (κ2) is 9.97. The molecule has 5 nitrogen and oxygen atoms in total. The smallest absolute Gasteiger partial charge is 0.235 e. The third-order valence-electron chi connectivity index (χ3n) is 10.5. The molecule has 0 atom stereocenters. The van der Waals surface area contributed by atoms with Crippen LogP contribution in [0.2, 0.25) is 0 Å². The van der Waals surface area contributed by atoms with Crippen molar-refractivity contribution >= 4 is 103 Å². The Morgan fingerprint density at radius 3 is 1.90 bits per heavy atom. The Labute approximate surface area is 294 Å². The minimum absolute atomic E-state index is 0.649. The maximum atomic E-state index is 5.62. The summed E-state index contributed by atoms with van der Waals surface area (Å²) in [4.78, 5) is 16.4. The summed E-state index contributed by atoms with van der Waals surface area (Å²) in [6.07, 6.45) is 0. The number of thiophene rings is 1. The van der Waals surface area contributed by atoms with Crippen LogP contribution in [0, 0.1) is 0 Å². The molecule has 12 rings (SSSR count). The number of benzene rings is 7. The Kier molecular flexibility index (Phi) is 5.32. The number of aromatic nitrogens is 5. The van der Waals surface area contributed by atoms with Gasteiger partial charge in [0.15, 0.2) is 0 Å². The minimum atomic E-state index is 0.649. The Hall–Kier alpha value is -6.63. The van der Waals surface area contributed by atoms with E-state index in [4.69, 9.17) is 15.0 Å². The fourth-order valence-corrected chi connectivity index (χ4v) is 9.65. The van der Waals surface area contributed by atoms with E-state index in [0.717, 1.165) is 60.8 Å². The summed E-state index contributed by atoms with van der Waals surface area (Å²) >= 11 is 1.85. The van der Waals surface area contributed by atoms with Crippen molar-refractivity contribution in [3.63, 3.8) is 0 Å². The zero-order valence-corrected chi connectivity index (χ0v) is 27.9. The molecule has 0 radical (unpaired) electrons. The van der Waals surface area contributed by atoms with Gasteiger partial charge in [-0.1, -0.05) is 127 Å². The van der Waals surface area contributed by atoms with E-state index >= 15 is 0 Å². The summed E-state index contributed by atoms with van der Waals surface area (Å²) in [6.45, 7) is 0. The molecule has 0 spiro atoms. The minimum Gasteiger partial charge on any atom is -0.288 e. The highest BCUT2D eigenvalue weighted by Gasteiger charge is 2.25. The van der Waals surface area contributed by atoms with E-state index in [2.05, 4.69) is 155 Å². The van der Waals surface area contributed by atoms with Gasteiger partial charge in [0, 0.05) is 42.6 Å². The van der Waals surface area contributed by atoms with E-state index in [9.17, 15) is 0 Å². The Bertz CT molecular complexity index is 3430. The number of imidazole rings is 1. The molecule has 7 aromatic carbocycles. The molecular formula is C45H25N5S. The zero-order valence-electron chi connectivity index (χ0n) is 27.1. The van der Waals surface area contributed by atoms with Gasteiger partial charge in [0.05, 0.1) is 26.8 Å². The molecule has 5 heterocycles. The van der Waals surface area contributed by atoms with Gasteiger partial charge in [-0.2, -0.15) is 0 Å². The third kappa shape index (κ3) is 3.56. The van der Waals surface area contributed by atoms with Crippen molar-refractivity contribution in [3.8, 4) is 17.2 Å². The maximum Gasteiger partial charge on any atom is 0.235 e. The first-order valence-electron chi connectivity index (χ1n) is 17.1. The normalized spacial score (nSPS) is 12.3. The van der Waals surface area contributed by atoms with Crippen molar-refractivity contribution in [1.82, 2.24) is 23.9 Å². The van der Waals surface area contributed by atoms with E-state index in [-0.39, 0.29) is 0 Å². The van der Waals surface area contributed by atoms with Crippen molar-refractivity contribution in [2.75, 3.05) is 0 Å². The second-order valence-corrected chi connectivity index (χ2v) is 14.2. The maximum absolute atomic E-state index is 5.62. The molecular weight excluding hydrogens is 643 g/mol. The SMILES string of the molecule is c1ccc(-c2nc(-n3c4ccccc4c4c5ccccc5c5c6ccccc6sc5c43)nc3c4ccccc4c4nc5ccccc5n4c23)cc1. The summed E-state index contributed by atoms with van der Waals surface area (Å²) in [5, 5.41) is 9.59. The summed E-state index contributed by atoms with van der Waals surface area (Å²) in [7, 11) is 0. The zero-order chi connectivity index (χ0) is 33.2. The lowest BCUT2D eigenvalue weighted by molar-refractivity contribution is 1.01. The molecule has 51 heavy (non-hydrogen) atoms. The largest absolute Gasteiger partial charge is 0.288 e. The number of fused-ring (bicyclic) bond motifs is 18. The Morgan fingerprint density at radius 2 is 1.08 bits per heavy atom. The summed E-state index contributed by atoms with van der Waals surface area (Å²) in [5.74, 6) is 0.649. The monoisotopic (exact) mass is 667 g/mol. The summed E-state index contributed by atoms with van der Waals surface area (Å²) in [5.41, 5.74) is 8.85. The lowest BCUT2D eigenvalue weighted by Gasteiger charge is -2.15. The number of pyridine rings is 1. The molecule has 5 aromatic heterocycles. The topological polar surface area (TPSA) is 48.0 Å². The molecule has 0 aliphatic rings. The van der Waals surface area contributed by atoms with Crippen LogP contribution in [-0.2, 0) is 0 Å². The van der Waals surface area contributed by atoms with Crippen molar-refractivity contribution < 1.29 is 0 Å². The van der Waals surface area contributed by atoms with Gasteiger partial charge in [-0.3, -0.25) is 8.97 Å². The molecule has 6 heteroatoms. The summed E-state index contributed by atoms with van der Waals surface area (Å²) < 4.78 is 7.10. The van der Waals surface area contributed by atoms with E-state index in [1.54, 1.807) is 0 Å². The highest BCUT2D eigenvalue weighted by Crippen LogP contribution is 2.48. The van der Waals surface area contributed by atoms with E-state index in [1.165, 1.54) is 41.7 Å². The van der Waals surface area contributed by atoms with Crippen LogP contribution in [0.25, 0.3) is 108 Å². The van der Waals surface area contributed by atoms with E-state index < -0.39 is 0 Å². The van der Waals surface area contributed by atoms with Crippen molar-refractivity contribution in [3.05, 3.63) is 152 Å². The Morgan fingerprint density at radius 1 is 0.451 bits per heavy atom. The quantitative estimate of drug-likeness (QED) is 0.172. The van der Waals surface area contributed by atoms with Gasteiger partial charge < -0.3 is 0 Å². The van der Waals surface area contributed by atoms with E-state index in [1.807, 2.05) is 17.4 Å². The predicted octanol–water partition coefficient (Wildman–Crippen LogP) is 11.9. The predicted molar refractivity (Wildman–Crippen MR) is 213 cm³/mol. The number of nitrogens with zero attached hydrogens (tertiary/aromatic N) is 5. The van der Waals surface area contributed by atoms with Gasteiger partial charge in [0.1, 0.15) is 22.4 Å². The van der Waals surface area contributed by atoms with Gasteiger partial charge in [0.2, 0.25) is 5.95 Å². The number of rotatable bonds is 2. The van der Waals surface area contributed by atoms with Gasteiger partial charge in [-0.25, -0.2) is 15.0 Å². The highest BCUT2D eigenvalue weighted by atomic mass is 32.1. The van der Waals surface area contributed by atoms with Crippen molar-refractivity contribution in [2.24, 2.45) is 0 Å². The lowest BCUT2D eigenvalue weighted by atomic mass is 9.99. The molecule has 0 bridgehead atoms. The molecule has 0 aliphatic heterocycles. The lowest BCUT2D eigenvalue weighted by Crippen LogP contribution is -2.06. The number of hydrogen-bond acceptors (Lipinski definition) is 4. The fraction of sp³-hybridized carbons (Fsp3) is 0. The van der Waals surface area contributed by atoms with Crippen LogP contribution in [0.4, 0.5) is 0 Å². The molecule has 12 aromatic rings. The van der Waals surface area contributed by atoms with Crippen LogP contribution < -0.4 is 0 Å². The number of hydrogen-bond donors (Lipinski definition) is 0. The van der Waals surface area contributed by atoms with Gasteiger partial charge >= 0.3 is 0 Å². The number of para-hydroxylation sites is 3. The van der Waals surface area contributed by atoms with Gasteiger partial charge in [-0.05, 0) is 35.0 Å². The molecule has 0 unspecified atom stereocenters. The first-order chi connectivity index (χ1) is 25.3. The van der Waals surface area contributed by atoms with Crippen LogP contribution in [0.3, 0.4) is 0 Å². The second-order valence-electron chi connectivity index (χ2n) is 13.2. The molecule has 0 fully saturated rings. The van der Waals surface area contributed by atoms with Gasteiger partial charge in [-0.15, -0.1) is 11.3 Å². The van der Waals surface area contributed by atoms with Gasteiger partial charge in [0.25, 0.3) is 0 Å². The van der Waals surface area contributed by atoms with Crippen LogP contribution in [0.15, 0.2) is 152 Å². The van der Waals surface area contributed by atoms with E-state index in [0.29, 0.717) is 5.95 Å². The first kappa shape index (κ1) is 27.2. The molecule has 236 valence electrons. The van der Waals surface area contributed by atoms with Crippen molar-refractivity contribution in [1.29, 1.82) is 0 Å². The fourth-order valence-electron chi connectivity index (χ4n) is 8.39. The molecule has 0 saturated carbocycles. The van der Waals surface area contributed by atoms with Crippen LogP contribution in [0.1, 0.15) is 0 Å². The first-order valence-corrected chi connectivity index (χ1v) is 18.0. The third-order valence-corrected chi connectivity index (χ3v) is 11.7. The van der Waals surface area contributed by atoms with Crippen LogP contribution in [-0.4, -0.2) is 23.9 Å². The standard InChI is InChI=1S/C45H25N5S/c1-2-14-26(15-3-1)39-42-40(29-18-6-7-19-30(29)44-46-33-22-10-12-24-35(33)49(42)44)48-45(47-39)50-34-23-11-8-20-31(34)37-27-16-4-5-17-28(27)38-32-21-9-13-25-36(32)51-43(38)41(37)50/h1-25H. The molecule has 0 saturated heterocycles. The van der Waals surface area contributed by atoms with Crippen LogP contribution >= 0.6 is 11.3 Å². The van der Waals surface area contributed by atoms with Crippen molar-refractivity contribution in [2.45, 2.75) is 0 Å². The Balaban J connectivity index is 1.35. The average Bonchev–Trinajstić information content (AvgIpc) is 3.89. The molecule has 0 aliphatic carbocycles. The molecule has 0 amide bonds. The average molecular weight is 668 g/mol. The van der Waals surface area contributed by atoms with Crippen LogP contribution in [0.5, 0.6) is 0 Å². The summed E-state index contributed by atoms with van der Waals surface area (Å²) in [6, 6.07) is 53.7. The highest BCUT2D eigenvalue weighted by molar-refractivity contribution is 7.27. The molecule has 0 N–H and O–H groups in total.